The first-order valence-electron chi connectivity index (χ1n) is 10.7. The number of imide groups is 2. The predicted molar refractivity (Wildman–Crippen MR) is 134 cm³/mol. The first kappa shape index (κ1) is 30.1. The number of carbonyl (C=O) groups is 6. The van der Waals surface area contributed by atoms with E-state index in [9.17, 15) is 28.8 Å². The monoisotopic (exact) mass is 516 g/mol. The summed E-state index contributed by atoms with van der Waals surface area (Å²) >= 11 is 5.16. The molecule has 0 spiro atoms. The summed E-state index contributed by atoms with van der Waals surface area (Å²) in [6.07, 6.45) is 1.45. The van der Waals surface area contributed by atoms with Crippen molar-refractivity contribution >= 4 is 46.4 Å². The van der Waals surface area contributed by atoms with Gasteiger partial charge in [0.2, 0.25) is 23.6 Å². The fraction of sp³-hybridized carbons (Fsp3) is 0.280. The van der Waals surface area contributed by atoms with Crippen LogP contribution in [0.2, 0.25) is 0 Å². The average Bonchev–Trinajstić information content (AvgIpc) is 2.85. The maximum Gasteiger partial charge on any atom is 0.252 e. The number of benzene rings is 2. The number of nitrogens with two attached hydrogens (primary N) is 1. The van der Waals surface area contributed by atoms with Crippen LogP contribution in [0.15, 0.2) is 60.7 Å². The molecule has 192 valence electrons. The molecule has 2 aliphatic rings. The van der Waals surface area contributed by atoms with Gasteiger partial charge in [-0.1, -0.05) is 56.0 Å². The molecule has 5 amide bonds. The van der Waals surface area contributed by atoms with Gasteiger partial charge in [0.25, 0.3) is 11.1 Å². The van der Waals surface area contributed by atoms with Gasteiger partial charge in [-0.25, -0.2) is 0 Å². The third-order valence-corrected chi connectivity index (χ3v) is 5.08. The van der Waals surface area contributed by atoms with Crippen molar-refractivity contribution in [2.45, 2.75) is 45.2 Å². The van der Waals surface area contributed by atoms with E-state index in [-0.39, 0.29) is 37.5 Å². The van der Waals surface area contributed by atoms with Gasteiger partial charge in [0, 0.05) is 24.0 Å². The standard InChI is InChI=1S/C12H12N2O3.C7H5ClO.C5H8N2O2.CH4/c15-10-7-6-9(12(17)14-10)13-11(16)8-4-2-1-3-5-8;8-7(9)6-4-2-1-3-5-6;6-3-1-2-4(8)7-5(3)9;/h1-5,9H,6-7H2,(H,13,16)(H,14,15,17);1-5H;3H,1-2,6H2,(H,7,8,9);1H4. The van der Waals surface area contributed by atoms with Gasteiger partial charge in [-0.05, 0) is 36.6 Å². The lowest BCUT2D eigenvalue weighted by molar-refractivity contribution is -0.135. The van der Waals surface area contributed by atoms with Gasteiger partial charge in [0.15, 0.2) is 0 Å². The van der Waals surface area contributed by atoms with E-state index in [4.69, 9.17) is 17.3 Å². The van der Waals surface area contributed by atoms with Crippen LogP contribution >= 0.6 is 11.6 Å². The first-order chi connectivity index (χ1) is 16.7. The highest BCUT2D eigenvalue weighted by Crippen LogP contribution is 2.06. The molecule has 11 heteroatoms. The summed E-state index contributed by atoms with van der Waals surface area (Å²) in [4.78, 5) is 65.5. The Bertz CT molecular complexity index is 1080. The maximum absolute atomic E-state index is 11.8. The van der Waals surface area contributed by atoms with Crippen LogP contribution in [0.1, 0.15) is 53.8 Å². The summed E-state index contributed by atoms with van der Waals surface area (Å²) in [6.45, 7) is 0. The van der Waals surface area contributed by atoms with E-state index in [1.165, 1.54) is 0 Å². The molecule has 2 aliphatic heterocycles. The van der Waals surface area contributed by atoms with Gasteiger partial charge in [-0.3, -0.25) is 39.4 Å². The Morgan fingerprint density at radius 1 is 0.778 bits per heavy atom. The van der Waals surface area contributed by atoms with Crippen molar-refractivity contribution in [3.8, 4) is 0 Å². The molecular weight excluding hydrogens is 488 g/mol. The van der Waals surface area contributed by atoms with Gasteiger partial charge in [-0.15, -0.1) is 0 Å². The molecule has 36 heavy (non-hydrogen) atoms. The number of piperidine rings is 2. The zero-order valence-corrected chi connectivity index (χ0v) is 19.4. The molecule has 2 aromatic rings. The fourth-order valence-corrected chi connectivity index (χ4v) is 3.07. The Morgan fingerprint density at radius 2 is 1.25 bits per heavy atom. The molecule has 2 fully saturated rings. The van der Waals surface area contributed by atoms with E-state index >= 15 is 0 Å². The number of rotatable bonds is 3. The van der Waals surface area contributed by atoms with Crippen molar-refractivity contribution in [1.29, 1.82) is 0 Å². The quantitative estimate of drug-likeness (QED) is 0.356. The van der Waals surface area contributed by atoms with E-state index in [1.807, 2.05) is 12.1 Å². The van der Waals surface area contributed by atoms with Crippen LogP contribution < -0.4 is 21.7 Å². The zero-order chi connectivity index (χ0) is 25.8. The Balaban J connectivity index is 0.000000291. The number of carbonyl (C=O) groups excluding carboxylic acids is 6. The molecule has 0 radical (unpaired) electrons. The van der Waals surface area contributed by atoms with E-state index in [0.29, 0.717) is 30.4 Å². The zero-order valence-electron chi connectivity index (χ0n) is 18.7. The molecule has 2 atom stereocenters. The third-order valence-electron chi connectivity index (χ3n) is 4.86. The molecule has 2 heterocycles. The lowest BCUT2D eigenvalue weighted by Gasteiger charge is -2.21. The number of hydrogen-bond donors (Lipinski definition) is 4. The summed E-state index contributed by atoms with van der Waals surface area (Å²) in [5.41, 5.74) is 6.31. The smallest absolute Gasteiger partial charge is 0.252 e. The normalized spacial score (nSPS) is 18.5. The Morgan fingerprint density at radius 3 is 1.67 bits per heavy atom. The summed E-state index contributed by atoms with van der Waals surface area (Å²) in [5.74, 6) is -1.61. The van der Waals surface area contributed by atoms with Crippen molar-refractivity contribution in [2.75, 3.05) is 0 Å². The van der Waals surface area contributed by atoms with E-state index in [1.54, 1.807) is 48.5 Å². The van der Waals surface area contributed by atoms with Crippen molar-refractivity contribution in [3.05, 3.63) is 71.8 Å². The second-order valence-electron chi connectivity index (χ2n) is 7.54. The van der Waals surface area contributed by atoms with Crippen molar-refractivity contribution in [3.63, 3.8) is 0 Å². The second-order valence-corrected chi connectivity index (χ2v) is 7.88. The highest BCUT2D eigenvalue weighted by Gasteiger charge is 2.28. The number of hydrogen-bond acceptors (Lipinski definition) is 7. The van der Waals surface area contributed by atoms with Crippen LogP contribution in [0.4, 0.5) is 0 Å². The Labute approximate surface area is 214 Å². The predicted octanol–water partition coefficient (Wildman–Crippen LogP) is 1.67. The minimum absolute atomic E-state index is 0. The molecule has 4 rings (SSSR count). The van der Waals surface area contributed by atoms with Crippen LogP contribution in [-0.2, 0) is 19.2 Å². The van der Waals surface area contributed by atoms with Gasteiger partial charge >= 0.3 is 0 Å². The molecule has 10 nitrogen and oxygen atoms in total. The number of amides is 5. The third kappa shape index (κ3) is 10.2. The van der Waals surface area contributed by atoms with Crippen LogP contribution in [0.5, 0.6) is 0 Å². The number of halogens is 1. The van der Waals surface area contributed by atoms with Crippen LogP contribution in [0.3, 0.4) is 0 Å². The molecule has 0 bridgehead atoms. The van der Waals surface area contributed by atoms with E-state index < -0.39 is 23.2 Å². The van der Waals surface area contributed by atoms with Crippen molar-refractivity contribution < 1.29 is 28.8 Å². The minimum Gasteiger partial charge on any atom is -0.340 e. The van der Waals surface area contributed by atoms with Gasteiger partial charge in [0.05, 0.1) is 6.04 Å². The first-order valence-corrected chi connectivity index (χ1v) is 11.1. The van der Waals surface area contributed by atoms with Crippen LogP contribution in [0.25, 0.3) is 0 Å². The lowest BCUT2D eigenvalue weighted by Crippen LogP contribution is -2.52. The van der Waals surface area contributed by atoms with Crippen LogP contribution in [0, 0.1) is 0 Å². The summed E-state index contributed by atoms with van der Waals surface area (Å²) in [7, 11) is 0. The van der Waals surface area contributed by atoms with Crippen molar-refractivity contribution in [1.82, 2.24) is 16.0 Å². The molecule has 2 unspecified atom stereocenters. The molecule has 2 aromatic carbocycles. The fourth-order valence-electron chi connectivity index (χ4n) is 2.94. The molecule has 0 aliphatic carbocycles. The molecule has 5 N–H and O–H groups in total. The van der Waals surface area contributed by atoms with E-state index in [0.717, 1.165) is 0 Å². The van der Waals surface area contributed by atoms with E-state index in [2.05, 4.69) is 16.0 Å². The Kier molecular flexibility index (Phi) is 12.7. The Hall–Kier alpha value is -3.89. The molecule has 0 saturated carbocycles. The van der Waals surface area contributed by atoms with Crippen LogP contribution in [-0.4, -0.2) is 46.9 Å². The topological polar surface area (TPSA) is 165 Å². The largest absolute Gasteiger partial charge is 0.340 e. The van der Waals surface area contributed by atoms with Gasteiger partial charge < -0.3 is 11.1 Å². The number of nitrogens with one attached hydrogen (secondary N) is 3. The highest BCUT2D eigenvalue weighted by molar-refractivity contribution is 6.67. The minimum atomic E-state index is -0.625. The summed E-state index contributed by atoms with van der Waals surface area (Å²) in [6, 6.07) is 16.3. The van der Waals surface area contributed by atoms with Gasteiger partial charge in [0.1, 0.15) is 6.04 Å². The highest BCUT2D eigenvalue weighted by atomic mass is 35.5. The second kappa shape index (κ2) is 15.2. The summed E-state index contributed by atoms with van der Waals surface area (Å²) in [5, 5.41) is 6.52. The SMILES string of the molecule is C.NC1CCC(=O)NC1=O.O=C(Cl)c1ccccc1.O=C1CCC(NC(=O)c2ccccc2)C(=O)N1. The summed E-state index contributed by atoms with van der Waals surface area (Å²) < 4.78 is 0. The van der Waals surface area contributed by atoms with Crippen molar-refractivity contribution in [2.24, 2.45) is 5.73 Å². The maximum atomic E-state index is 11.8. The molecule has 0 aromatic heterocycles. The molecule has 2 saturated heterocycles. The lowest BCUT2D eigenvalue weighted by atomic mass is 10.1. The van der Waals surface area contributed by atoms with Gasteiger partial charge in [-0.2, -0.15) is 0 Å². The molecular formula is C25H29ClN4O6. The average molecular weight is 517 g/mol.